The number of rotatable bonds is 6. The summed E-state index contributed by atoms with van der Waals surface area (Å²) in [5.74, 6) is 0.983. The number of aromatic nitrogens is 3. The number of amides is 1. The van der Waals surface area contributed by atoms with Gasteiger partial charge >= 0.3 is 0 Å². The fourth-order valence-corrected chi connectivity index (χ4v) is 3.17. The van der Waals surface area contributed by atoms with Gasteiger partial charge in [-0.15, -0.1) is 5.10 Å². The first kappa shape index (κ1) is 20.6. The van der Waals surface area contributed by atoms with Crippen molar-refractivity contribution in [2.75, 3.05) is 11.9 Å². The van der Waals surface area contributed by atoms with E-state index in [0.29, 0.717) is 23.1 Å². The first-order valence-electron chi connectivity index (χ1n) is 9.88. The molecule has 3 aromatic carbocycles. The third kappa shape index (κ3) is 4.75. The first-order chi connectivity index (χ1) is 15.0. The monoisotopic (exact) mass is 432 g/mol. The van der Waals surface area contributed by atoms with Gasteiger partial charge in [-0.25, -0.2) is 9.67 Å². The van der Waals surface area contributed by atoms with Crippen LogP contribution in [0.1, 0.15) is 23.1 Å². The number of nitrogens with one attached hydrogen (secondary N) is 1. The molecule has 0 unspecified atom stereocenters. The van der Waals surface area contributed by atoms with Crippen molar-refractivity contribution in [2.24, 2.45) is 0 Å². The summed E-state index contributed by atoms with van der Waals surface area (Å²) in [5, 5.41) is 7.93. The highest BCUT2D eigenvalue weighted by molar-refractivity contribution is 6.30. The molecule has 7 heteroatoms. The van der Waals surface area contributed by atoms with Crippen LogP contribution in [-0.4, -0.2) is 27.3 Å². The summed E-state index contributed by atoms with van der Waals surface area (Å²) < 4.78 is 7.08. The van der Waals surface area contributed by atoms with Gasteiger partial charge in [-0.3, -0.25) is 4.79 Å². The standard InChI is InChI=1S/C24H21ClN4O2/c1-3-31-21-14-10-19(11-15-21)26-24(30)22-27-23(17-6-4-16(2)5-7-17)29(28-22)20-12-8-18(25)9-13-20/h4-15H,3H2,1-2H3,(H,26,30). The Bertz CT molecular complexity index is 1120. The molecule has 156 valence electrons. The quantitative estimate of drug-likeness (QED) is 0.434. The van der Waals surface area contributed by atoms with Crippen LogP contribution in [0.5, 0.6) is 5.75 Å². The maximum Gasteiger partial charge on any atom is 0.295 e. The molecule has 0 fully saturated rings. The molecule has 0 saturated carbocycles. The van der Waals surface area contributed by atoms with Crippen LogP contribution < -0.4 is 10.1 Å². The van der Waals surface area contributed by atoms with E-state index in [2.05, 4.69) is 15.4 Å². The number of benzene rings is 3. The molecular formula is C24H21ClN4O2. The van der Waals surface area contributed by atoms with Crippen molar-refractivity contribution in [1.29, 1.82) is 0 Å². The molecule has 1 heterocycles. The van der Waals surface area contributed by atoms with Crippen LogP contribution in [-0.2, 0) is 0 Å². The fraction of sp³-hybridized carbons (Fsp3) is 0.125. The number of halogens is 1. The Labute approximate surface area is 185 Å². The molecule has 0 atom stereocenters. The fourth-order valence-electron chi connectivity index (χ4n) is 3.05. The highest BCUT2D eigenvalue weighted by Crippen LogP contribution is 2.23. The van der Waals surface area contributed by atoms with Crippen LogP contribution in [0, 0.1) is 6.92 Å². The van der Waals surface area contributed by atoms with Gasteiger partial charge in [-0.1, -0.05) is 41.4 Å². The largest absolute Gasteiger partial charge is 0.494 e. The number of ether oxygens (including phenoxy) is 1. The molecular weight excluding hydrogens is 412 g/mol. The summed E-state index contributed by atoms with van der Waals surface area (Å²) in [7, 11) is 0. The molecule has 0 saturated heterocycles. The Kier molecular flexibility index (Phi) is 6.00. The van der Waals surface area contributed by atoms with Crippen molar-refractivity contribution in [3.63, 3.8) is 0 Å². The Balaban J connectivity index is 1.67. The topological polar surface area (TPSA) is 69.0 Å². The highest BCUT2D eigenvalue weighted by atomic mass is 35.5. The number of carbonyl (C=O) groups is 1. The van der Waals surface area contributed by atoms with E-state index in [1.54, 1.807) is 41.1 Å². The van der Waals surface area contributed by atoms with E-state index in [1.807, 2.05) is 50.2 Å². The molecule has 1 amide bonds. The summed E-state index contributed by atoms with van der Waals surface area (Å²) in [4.78, 5) is 17.4. The average Bonchev–Trinajstić information content (AvgIpc) is 3.22. The third-order valence-corrected chi connectivity index (χ3v) is 4.87. The summed E-state index contributed by atoms with van der Waals surface area (Å²) in [6, 6.07) is 22.3. The van der Waals surface area contributed by atoms with Gasteiger partial charge in [0.05, 0.1) is 12.3 Å². The lowest BCUT2D eigenvalue weighted by Gasteiger charge is -2.06. The van der Waals surface area contributed by atoms with Gasteiger partial charge in [-0.2, -0.15) is 0 Å². The van der Waals surface area contributed by atoms with Gasteiger partial charge in [0.2, 0.25) is 5.82 Å². The van der Waals surface area contributed by atoms with Crippen molar-refractivity contribution < 1.29 is 9.53 Å². The first-order valence-corrected chi connectivity index (χ1v) is 10.3. The summed E-state index contributed by atoms with van der Waals surface area (Å²) in [5.41, 5.74) is 3.38. The zero-order valence-corrected chi connectivity index (χ0v) is 17.9. The lowest BCUT2D eigenvalue weighted by molar-refractivity contribution is 0.101. The number of anilines is 1. The van der Waals surface area contributed by atoms with E-state index in [0.717, 1.165) is 22.6 Å². The summed E-state index contributed by atoms with van der Waals surface area (Å²) >= 11 is 6.03. The minimum atomic E-state index is -0.398. The number of hydrogen-bond donors (Lipinski definition) is 1. The molecule has 0 bridgehead atoms. The van der Waals surface area contributed by atoms with Crippen molar-refractivity contribution in [3.05, 3.63) is 89.2 Å². The Morgan fingerprint density at radius 1 is 1.00 bits per heavy atom. The van der Waals surface area contributed by atoms with Crippen LogP contribution in [0.15, 0.2) is 72.8 Å². The second kappa shape index (κ2) is 9.02. The second-order valence-electron chi connectivity index (χ2n) is 6.92. The van der Waals surface area contributed by atoms with Crippen LogP contribution in [0.25, 0.3) is 17.1 Å². The molecule has 1 aromatic heterocycles. The number of carbonyl (C=O) groups excluding carboxylic acids is 1. The van der Waals surface area contributed by atoms with Crippen molar-refractivity contribution in [2.45, 2.75) is 13.8 Å². The molecule has 0 aliphatic heterocycles. The van der Waals surface area contributed by atoms with Gasteiger partial charge in [0, 0.05) is 16.3 Å². The zero-order chi connectivity index (χ0) is 21.8. The van der Waals surface area contributed by atoms with Crippen molar-refractivity contribution >= 4 is 23.2 Å². The van der Waals surface area contributed by atoms with Crippen LogP contribution >= 0.6 is 11.6 Å². The minimum absolute atomic E-state index is 0.0689. The Morgan fingerprint density at radius 3 is 2.32 bits per heavy atom. The summed E-state index contributed by atoms with van der Waals surface area (Å²) in [6.07, 6.45) is 0. The van der Waals surface area contributed by atoms with E-state index in [1.165, 1.54) is 0 Å². The second-order valence-corrected chi connectivity index (χ2v) is 7.36. The van der Waals surface area contributed by atoms with E-state index in [9.17, 15) is 4.79 Å². The lowest BCUT2D eigenvalue weighted by Crippen LogP contribution is -2.14. The molecule has 0 aliphatic carbocycles. The maximum absolute atomic E-state index is 12.9. The third-order valence-electron chi connectivity index (χ3n) is 4.61. The normalized spacial score (nSPS) is 10.7. The maximum atomic E-state index is 12.9. The van der Waals surface area contributed by atoms with Gasteiger partial charge in [0.1, 0.15) is 5.75 Å². The van der Waals surface area contributed by atoms with Crippen molar-refractivity contribution in [3.8, 4) is 22.8 Å². The minimum Gasteiger partial charge on any atom is -0.494 e. The molecule has 1 N–H and O–H groups in total. The van der Waals surface area contributed by atoms with E-state index < -0.39 is 5.91 Å². The highest BCUT2D eigenvalue weighted by Gasteiger charge is 2.19. The van der Waals surface area contributed by atoms with Crippen LogP contribution in [0.2, 0.25) is 5.02 Å². The number of nitrogens with zero attached hydrogens (tertiary/aromatic N) is 3. The van der Waals surface area contributed by atoms with Crippen LogP contribution in [0.3, 0.4) is 0 Å². The predicted octanol–water partition coefficient (Wildman–Crippen LogP) is 5.55. The van der Waals surface area contributed by atoms with Gasteiger partial charge in [-0.05, 0) is 62.4 Å². The average molecular weight is 433 g/mol. The van der Waals surface area contributed by atoms with Gasteiger partial charge < -0.3 is 10.1 Å². The number of aryl methyl sites for hydroxylation is 1. The molecule has 4 aromatic rings. The Morgan fingerprint density at radius 2 is 1.68 bits per heavy atom. The Hall–Kier alpha value is -3.64. The molecule has 0 spiro atoms. The molecule has 0 aliphatic rings. The summed E-state index contributed by atoms with van der Waals surface area (Å²) in [6.45, 7) is 4.52. The predicted molar refractivity (Wildman–Crippen MR) is 122 cm³/mol. The molecule has 6 nitrogen and oxygen atoms in total. The van der Waals surface area contributed by atoms with Crippen molar-refractivity contribution in [1.82, 2.24) is 14.8 Å². The van der Waals surface area contributed by atoms with E-state index in [-0.39, 0.29) is 5.82 Å². The smallest absolute Gasteiger partial charge is 0.295 e. The number of hydrogen-bond acceptors (Lipinski definition) is 4. The lowest BCUT2D eigenvalue weighted by atomic mass is 10.1. The molecule has 31 heavy (non-hydrogen) atoms. The molecule has 4 rings (SSSR count). The van der Waals surface area contributed by atoms with E-state index in [4.69, 9.17) is 16.3 Å². The van der Waals surface area contributed by atoms with Gasteiger partial charge in [0.25, 0.3) is 5.91 Å². The SMILES string of the molecule is CCOc1ccc(NC(=O)c2nc(-c3ccc(C)cc3)n(-c3ccc(Cl)cc3)n2)cc1. The molecule has 0 radical (unpaired) electrons. The van der Waals surface area contributed by atoms with Gasteiger partial charge in [0.15, 0.2) is 5.82 Å². The zero-order valence-electron chi connectivity index (χ0n) is 17.2. The van der Waals surface area contributed by atoms with E-state index >= 15 is 0 Å². The van der Waals surface area contributed by atoms with Crippen LogP contribution in [0.4, 0.5) is 5.69 Å².